The summed E-state index contributed by atoms with van der Waals surface area (Å²) in [6.45, 7) is -0.133. The summed E-state index contributed by atoms with van der Waals surface area (Å²) in [5, 5.41) is 19.0. The van der Waals surface area contributed by atoms with Gasteiger partial charge < -0.3 is 15.9 Å². The number of aromatic hydroxyl groups is 1. The molecule has 0 bridgehead atoms. The zero-order chi connectivity index (χ0) is 10.8. The molecule has 3 nitrogen and oxygen atoms in total. The summed E-state index contributed by atoms with van der Waals surface area (Å²) in [6, 6.07) is 3.39. The lowest BCUT2D eigenvalue weighted by Gasteiger charge is -2.20. The van der Waals surface area contributed by atoms with E-state index in [1.807, 2.05) is 12.1 Å². The van der Waals surface area contributed by atoms with Crippen molar-refractivity contribution in [3.05, 3.63) is 28.8 Å². The third-order valence-corrected chi connectivity index (χ3v) is 3.13. The Morgan fingerprint density at radius 1 is 1.27 bits per heavy atom. The average Bonchev–Trinajstić information content (AvgIpc) is 2.29. The van der Waals surface area contributed by atoms with Crippen LogP contribution in [0, 0.1) is 0 Å². The predicted octanol–water partition coefficient (Wildman–Crippen LogP) is 1.26. The van der Waals surface area contributed by atoms with Gasteiger partial charge in [-0.1, -0.05) is 12.1 Å². The van der Waals surface area contributed by atoms with E-state index in [1.165, 1.54) is 12.0 Å². The molecule has 0 saturated carbocycles. The maximum absolute atomic E-state index is 10.0. The molecule has 3 heteroatoms. The van der Waals surface area contributed by atoms with Crippen LogP contribution >= 0.6 is 0 Å². The van der Waals surface area contributed by atoms with Crippen LogP contribution in [0.15, 0.2) is 12.1 Å². The van der Waals surface area contributed by atoms with E-state index >= 15 is 0 Å². The number of aryl methyl sites for hydroxylation is 1. The first-order valence-corrected chi connectivity index (χ1v) is 5.44. The molecule has 0 saturated heterocycles. The van der Waals surface area contributed by atoms with E-state index in [0.29, 0.717) is 11.3 Å². The quantitative estimate of drug-likeness (QED) is 0.684. The van der Waals surface area contributed by atoms with Gasteiger partial charge >= 0.3 is 0 Å². The number of nitrogens with two attached hydrogens (primary N) is 1. The molecule has 1 atom stereocenters. The van der Waals surface area contributed by atoms with Crippen LogP contribution in [0.3, 0.4) is 0 Å². The van der Waals surface area contributed by atoms with Crippen molar-refractivity contribution in [3.8, 4) is 5.75 Å². The number of hydrogen-bond donors (Lipinski definition) is 3. The molecule has 82 valence electrons. The Bertz CT molecular complexity index is 363. The van der Waals surface area contributed by atoms with Crippen LogP contribution in [0.5, 0.6) is 5.75 Å². The molecule has 0 amide bonds. The van der Waals surface area contributed by atoms with Crippen molar-refractivity contribution >= 4 is 0 Å². The SMILES string of the molecule is NC(CO)c1ccc2c(c1O)CCCC2. The first-order valence-electron chi connectivity index (χ1n) is 5.44. The van der Waals surface area contributed by atoms with Gasteiger partial charge in [0.25, 0.3) is 0 Å². The molecule has 1 aliphatic carbocycles. The Morgan fingerprint density at radius 2 is 2.00 bits per heavy atom. The van der Waals surface area contributed by atoms with Crippen molar-refractivity contribution in [3.63, 3.8) is 0 Å². The second-order valence-electron chi connectivity index (χ2n) is 4.14. The lowest BCUT2D eigenvalue weighted by molar-refractivity contribution is 0.265. The second kappa shape index (κ2) is 4.21. The molecule has 15 heavy (non-hydrogen) atoms. The fraction of sp³-hybridized carbons (Fsp3) is 0.500. The summed E-state index contributed by atoms with van der Waals surface area (Å²) >= 11 is 0. The Hall–Kier alpha value is -1.06. The van der Waals surface area contributed by atoms with Crippen molar-refractivity contribution in [2.45, 2.75) is 31.7 Å². The number of phenols is 1. The maximum atomic E-state index is 10.0. The average molecular weight is 207 g/mol. The molecule has 1 aliphatic rings. The molecule has 2 rings (SSSR count). The van der Waals surface area contributed by atoms with Crippen LogP contribution in [-0.4, -0.2) is 16.8 Å². The number of phenolic OH excluding ortho intramolecular Hbond substituents is 1. The zero-order valence-electron chi connectivity index (χ0n) is 8.74. The molecule has 4 N–H and O–H groups in total. The Labute approximate surface area is 89.5 Å². The highest BCUT2D eigenvalue weighted by Gasteiger charge is 2.18. The van der Waals surface area contributed by atoms with Crippen LogP contribution in [0.4, 0.5) is 0 Å². The molecule has 0 aromatic heterocycles. The number of rotatable bonds is 2. The van der Waals surface area contributed by atoms with Crippen molar-refractivity contribution < 1.29 is 10.2 Å². The molecule has 1 aromatic carbocycles. The monoisotopic (exact) mass is 207 g/mol. The molecule has 0 heterocycles. The highest BCUT2D eigenvalue weighted by atomic mass is 16.3. The molecule has 0 aliphatic heterocycles. The Morgan fingerprint density at radius 3 is 2.73 bits per heavy atom. The molecular weight excluding hydrogens is 190 g/mol. The Balaban J connectivity index is 2.43. The molecule has 0 spiro atoms. The number of aliphatic hydroxyl groups excluding tert-OH is 1. The smallest absolute Gasteiger partial charge is 0.123 e. The first kappa shape index (κ1) is 10.5. The lowest BCUT2D eigenvalue weighted by Crippen LogP contribution is -2.16. The van der Waals surface area contributed by atoms with Crippen LogP contribution in [0.2, 0.25) is 0 Å². The van der Waals surface area contributed by atoms with Gasteiger partial charge in [-0.25, -0.2) is 0 Å². The normalized spacial score (nSPS) is 17.2. The minimum atomic E-state index is -0.475. The lowest BCUT2D eigenvalue weighted by atomic mass is 9.88. The molecular formula is C12H17NO2. The summed E-state index contributed by atoms with van der Waals surface area (Å²) < 4.78 is 0. The van der Waals surface area contributed by atoms with Gasteiger partial charge in [0.1, 0.15) is 5.75 Å². The van der Waals surface area contributed by atoms with Gasteiger partial charge in [0.05, 0.1) is 12.6 Å². The van der Waals surface area contributed by atoms with Crippen molar-refractivity contribution in [1.82, 2.24) is 0 Å². The van der Waals surface area contributed by atoms with Crippen LogP contribution < -0.4 is 5.73 Å². The molecule has 0 radical (unpaired) electrons. The van der Waals surface area contributed by atoms with Crippen molar-refractivity contribution in [2.75, 3.05) is 6.61 Å². The maximum Gasteiger partial charge on any atom is 0.123 e. The van der Waals surface area contributed by atoms with Gasteiger partial charge in [0.2, 0.25) is 0 Å². The number of hydrogen-bond acceptors (Lipinski definition) is 3. The van der Waals surface area contributed by atoms with E-state index < -0.39 is 6.04 Å². The summed E-state index contributed by atoms with van der Waals surface area (Å²) in [7, 11) is 0. The minimum Gasteiger partial charge on any atom is -0.507 e. The number of benzene rings is 1. The van der Waals surface area contributed by atoms with Crippen molar-refractivity contribution in [1.29, 1.82) is 0 Å². The van der Waals surface area contributed by atoms with E-state index in [9.17, 15) is 5.11 Å². The van der Waals surface area contributed by atoms with Crippen LogP contribution in [-0.2, 0) is 12.8 Å². The van der Waals surface area contributed by atoms with Gasteiger partial charge in [-0.15, -0.1) is 0 Å². The van der Waals surface area contributed by atoms with E-state index in [2.05, 4.69) is 0 Å². The standard InChI is InChI=1S/C12H17NO2/c13-11(7-14)10-6-5-8-3-1-2-4-9(8)12(10)15/h5-6,11,14-15H,1-4,7,13H2. The Kier molecular flexibility index (Phi) is 2.93. The zero-order valence-corrected chi connectivity index (χ0v) is 8.74. The molecule has 0 fully saturated rings. The largest absolute Gasteiger partial charge is 0.507 e. The number of aliphatic hydroxyl groups is 1. The van der Waals surface area contributed by atoms with E-state index in [0.717, 1.165) is 24.8 Å². The van der Waals surface area contributed by atoms with Gasteiger partial charge in [-0.3, -0.25) is 0 Å². The first-order chi connectivity index (χ1) is 7.24. The summed E-state index contributed by atoms with van der Waals surface area (Å²) in [5.41, 5.74) is 8.64. The fourth-order valence-corrected chi connectivity index (χ4v) is 2.22. The van der Waals surface area contributed by atoms with Crippen molar-refractivity contribution in [2.24, 2.45) is 5.73 Å². The predicted molar refractivity (Wildman–Crippen MR) is 58.8 cm³/mol. The summed E-state index contributed by atoms with van der Waals surface area (Å²) in [6.07, 6.45) is 4.28. The van der Waals surface area contributed by atoms with Crippen LogP contribution in [0.1, 0.15) is 35.6 Å². The highest BCUT2D eigenvalue weighted by Crippen LogP contribution is 2.34. The molecule has 1 aromatic rings. The van der Waals surface area contributed by atoms with Gasteiger partial charge in [-0.05, 0) is 36.8 Å². The number of fused-ring (bicyclic) bond motifs is 1. The summed E-state index contributed by atoms with van der Waals surface area (Å²) in [5.74, 6) is 0.300. The van der Waals surface area contributed by atoms with Gasteiger partial charge in [0, 0.05) is 5.56 Å². The fourth-order valence-electron chi connectivity index (χ4n) is 2.22. The van der Waals surface area contributed by atoms with E-state index in [1.54, 1.807) is 0 Å². The van der Waals surface area contributed by atoms with E-state index in [4.69, 9.17) is 10.8 Å². The topological polar surface area (TPSA) is 66.5 Å². The second-order valence-corrected chi connectivity index (χ2v) is 4.14. The summed E-state index contributed by atoms with van der Waals surface area (Å²) in [4.78, 5) is 0. The highest BCUT2D eigenvalue weighted by molar-refractivity contribution is 5.48. The third kappa shape index (κ3) is 1.85. The molecule has 1 unspecified atom stereocenters. The van der Waals surface area contributed by atoms with Gasteiger partial charge in [0.15, 0.2) is 0 Å². The van der Waals surface area contributed by atoms with Crippen LogP contribution in [0.25, 0.3) is 0 Å². The minimum absolute atomic E-state index is 0.133. The third-order valence-electron chi connectivity index (χ3n) is 3.13. The van der Waals surface area contributed by atoms with Gasteiger partial charge in [-0.2, -0.15) is 0 Å². The van der Waals surface area contributed by atoms with E-state index in [-0.39, 0.29) is 6.61 Å².